The highest BCUT2D eigenvalue weighted by Gasteiger charge is 2.33. The number of halogens is 2. The molecule has 1 amide bonds. The van der Waals surface area contributed by atoms with Gasteiger partial charge in [-0.05, 0) is 55.2 Å². The Labute approximate surface area is 205 Å². The molecule has 0 aromatic heterocycles. The molecule has 10 heteroatoms. The zero-order valence-electron chi connectivity index (χ0n) is 18.8. The number of carbonyl (C=O) groups excluding carboxylic acids is 1. The van der Waals surface area contributed by atoms with Gasteiger partial charge in [-0.2, -0.15) is 0 Å². The number of sulfonamides is 1. The number of amides is 1. The van der Waals surface area contributed by atoms with Crippen molar-refractivity contribution in [1.29, 1.82) is 0 Å². The number of ether oxygens (including phenoxy) is 2. The minimum absolute atomic E-state index is 0.137. The van der Waals surface area contributed by atoms with Crippen LogP contribution >= 0.6 is 23.2 Å². The molecule has 33 heavy (non-hydrogen) atoms. The van der Waals surface area contributed by atoms with E-state index in [1.54, 1.807) is 32.4 Å². The van der Waals surface area contributed by atoms with Gasteiger partial charge in [-0.15, -0.1) is 0 Å². The van der Waals surface area contributed by atoms with Crippen LogP contribution in [-0.2, 0) is 20.6 Å². The Balaban J connectivity index is 1.66. The molecule has 2 aromatic carbocycles. The fourth-order valence-electron chi connectivity index (χ4n) is 3.87. The van der Waals surface area contributed by atoms with Crippen molar-refractivity contribution in [1.82, 2.24) is 9.62 Å². The molecule has 0 spiro atoms. The smallest absolute Gasteiger partial charge is 0.224 e. The Hall–Kier alpha value is -2.00. The van der Waals surface area contributed by atoms with Gasteiger partial charge in [-0.1, -0.05) is 35.3 Å². The number of piperidine rings is 1. The van der Waals surface area contributed by atoms with Crippen molar-refractivity contribution in [2.45, 2.75) is 31.6 Å². The van der Waals surface area contributed by atoms with E-state index in [0.717, 1.165) is 5.56 Å². The first-order valence-electron chi connectivity index (χ1n) is 10.6. The van der Waals surface area contributed by atoms with Gasteiger partial charge in [0, 0.05) is 23.1 Å². The normalized spacial score (nSPS) is 17.9. The minimum Gasteiger partial charge on any atom is -0.493 e. The second-order valence-corrected chi connectivity index (χ2v) is 10.8. The third-order valence-electron chi connectivity index (χ3n) is 5.77. The molecule has 0 saturated carbocycles. The molecule has 2 atom stereocenters. The van der Waals surface area contributed by atoms with Crippen molar-refractivity contribution in [3.63, 3.8) is 0 Å². The van der Waals surface area contributed by atoms with Gasteiger partial charge >= 0.3 is 0 Å². The lowest BCUT2D eigenvalue weighted by atomic mass is 9.98. The van der Waals surface area contributed by atoms with Crippen molar-refractivity contribution >= 4 is 39.1 Å². The van der Waals surface area contributed by atoms with Crippen molar-refractivity contribution in [3.8, 4) is 11.5 Å². The number of carbonyl (C=O) groups is 1. The average molecular weight is 515 g/mol. The molecule has 3 rings (SSSR count). The van der Waals surface area contributed by atoms with E-state index in [0.29, 0.717) is 46.5 Å². The van der Waals surface area contributed by atoms with Crippen LogP contribution in [0.4, 0.5) is 0 Å². The first-order valence-corrected chi connectivity index (χ1v) is 12.9. The summed E-state index contributed by atoms with van der Waals surface area (Å²) in [6.45, 7) is 2.39. The largest absolute Gasteiger partial charge is 0.493 e. The molecular weight excluding hydrogens is 487 g/mol. The molecule has 1 heterocycles. The fraction of sp³-hybridized carbons (Fsp3) is 0.435. The van der Waals surface area contributed by atoms with E-state index >= 15 is 0 Å². The van der Waals surface area contributed by atoms with E-state index in [2.05, 4.69) is 5.32 Å². The average Bonchev–Trinajstić information content (AvgIpc) is 2.80. The minimum atomic E-state index is -3.64. The zero-order valence-corrected chi connectivity index (χ0v) is 21.1. The van der Waals surface area contributed by atoms with E-state index in [4.69, 9.17) is 32.7 Å². The zero-order chi connectivity index (χ0) is 24.2. The molecule has 0 bridgehead atoms. The van der Waals surface area contributed by atoms with E-state index in [-0.39, 0.29) is 24.2 Å². The van der Waals surface area contributed by atoms with Gasteiger partial charge in [-0.3, -0.25) is 4.79 Å². The molecule has 1 saturated heterocycles. The number of methoxy groups -OCH3 is 2. The summed E-state index contributed by atoms with van der Waals surface area (Å²) in [6.07, 6.45) is 1.23. The molecule has 1 aliphatic rings. The third-order valence-corrected chi connectivity index (χ3v) is 8.15. The molecule has 1 aliphatic heterocycles. The van der Waals surface area contributed by atoms with E-state index in [1.165, 1.54) is 10.4 Å². The maximum absolute atomic E-state index is 13.0. The van der Waals surface area contributed by atoms with Gasteiger partial charge in [0.15, 0.2) is 11.5 Å². The number of hydrogen-bond acceptors (Lipinski definition) is 5. The number of nitrogens with zero attached hydrogens (tertiary/aromatic N) is 1. The van der Waals surface area contributed by atoms with Crippen LogP contribution in [0.25, 0.3) is 0 Å². The van der Waals surface area contributed by atoms with Crippen molar-refractivity contribution in [2.75, 3.05) is 27.3 Å². The molecule has 1 fully saturated rings. The first-order chi connectivity index (χ1) is 15.6. The summed E-state index contributed by atoms with van der Waals surface area (Å²) in [6, 6.07) is 9.93. The Morgan fingerprint density at radius 1 is 1.15 bits per heavy atom. The highest BCUT2D eigenvalue weighted by atomic mass is 35.5. The van der Waals surface area contributed by atoms with Gasteiger partial charge in [0.2, 0.25) is 15.9 Å². The summed E-state index contributed by atoms with van der Waals surface area (Å²) in [5.74, 6) is 0.332. The summed E-state index contributed by atoms with van der Waals surface area (Å²) in [4.78, 5) is 13.0. The maximum Gasteiger partial charge on any atom is 0.224 e. The Morgan fingerprint density at radius 2 is 1.88 bits per heavy atom. The topological polar surface area (TPSA) is 84.9 Å². The Bertz CT molecular complexity index is 1110. The van der Waals surface area contributed by atoms with Crippen molar-refractivity contribution in [3.05, 3.63) is 57.6 Å². The van der Waals surface area contributed by atoms with Crippen LogP contribution in [0.2, 0.25) is 10.0 Å². The van der Waals surface area contributed by atoms with Crippen LogP contribution in [0.1, 0.15) is 36.9 Å². The van der Waals surface area contributed by atoms with Crippen LogP contribution in [-0.4, -0.2) is 45.9 Å². The van der Waals surface area contributed by atoms with E-state index < -0.39 is 15.9 Å². The SMILES string of the molecule is COc1ccc([C@@H](C)NC(=O)[C@@H]2CCCN(S(=O)(=O)Cc3ccc(Cl)cc3Cl)C2)cc1OC. The second-order valence-electron chi connectivity index (χ2n) is 8.03. The van der Waals surface area contributed by atoms with Crippen LogP contribution in [0.5, 0.6) is 11.5 Å². The van der Waals surface area contributed by atoms with Gasteiger partial charge in [0.1, 0.15) is 0 Å². The molecule has 0 aliphatic carbocycles. The first kappa shape index (κ1) is 25.6. The highest BCUT2D eigenvalue weighted by Crippen LogP contribution is 2.31. The summed E-state index contributed by atoms with van der Waals surface area (Å²) < 4.78 is 38.0. The standard InChI is InChI=1S/C23H28Cl2N2O5S/c1-15(16-7-9-21(31-2)22(11-16)32-3)26-23(28)17-5-4-10-27(13-17)33(29,30)14-18-6-8-19(24)12-20(18)25/h6-9,11-12,15,17H,4-5,10,13-14H2,1-3H3,(H,26,28)/t15-,17-/m1/s1. The quantitative estimate of drug-likeness (QED) is 0.563. The maximum atomic E-state index is 13.0. The number of benzene rings is 2. The van der Waals surface area contributed by atoms with E-state index in [9.17, 15) is 13.2 Å². The lowest BCUT2D eigenvalue weighted by Gasteiger charge is -2.32. The van der Waals surface area contributed by atoms with Gasteiger partial charge in [0.05, 0.1) is 31.9 Å². The molecule has 0 radical (unpaired) electrons. The number of nitrogens with one attached hydrogen (secondary N) is 1. The monoisotopic (exact) mass is 514 g/mol. The summed E-state index contributed by atoms with van der Waals surface area (Å²) in [7, 11) is -0.523. The van der Waals surface area contributed by atoms with Crippen molar-refractivity contribution in [2.24, 2.45) is 5.92 Å². The molecule has 1 N–H and O–H groups in total. The number of hydrogen-bond donors (Lipinski definition) is 1. The summed E-state index contributed by atoms with van der Waals surface area (Å²) >= 11 is 12.1. The van der Waals surface area contributed by atoms with Crippen LogP contribution in [0, 0.1) is 5.92 Å². The van der Waals surface area contributed by atoms with Crippen LogP contribution < -0.4 is 14.8 Å². The highest BCUT2D eigenvalue weighted by molar-refractivity contribution is 7.88. The molecular formula is C23H28Cl2N2O5S. The van der Waals surface area contributed by atoms with E-state index in [1.807, 2.05) is 19.1 Å². The fourth-order valence-corrected chi connectivity index (χ4v) is 6.07. The molecule has 0 unspecified atom stereocenters. The predicted octanol–water partition coefficient (Wildman–Crippen LogP) is 4.43. The second kappa shape index (κ2) is 11.0. The van der Waals surface area contributed by atoms with Crippen molar-refractivity contribution < 1.29 is 22.7 Å². The predicted molar refractivity (Wildman–Crippen MR) is 129 cm³/mol. The lowest BCUT2D eigenvalue weighted by Crippen LogP contribution is -2.46. The molecule has 180 valence electrons. The Kier molecular flexibility index (Phi) is 8.50. The lowest BCUT2D eigenvalue weighted by molar-refractivity contribution is -0.126. The third kappa shape index (κ3) is 6.32. The van der Waals surface area contributed by atoms with Gasteiger partial charge < -0.3 is 14.8 Å². The molecule has 2 aromatic rings. The van der Waals surface area contributed by atoms with Crippen LogP contribution in [0.15, 0.2) is 36.4 Å². The summed E-state index contributed by atoms with van der Waals surface area (Å²) in [5, 5.41) is 3.75. The number of rotatable bonds is 8. The molecule has 7 nitrogen and oxygen atoms in total. The van der Waals surface area contributed by atoms with Gasteiger partial charge in [-0.25, -0.2) is 12.7 Å². The van der Waals surface area contributed by atoms with Gasteiger partial charge in [0.25, 0.3) is 0 Å². The summed E-state index contributed by atoms with van der Waals surface area (Å²) in [5.41, 5.74) is 1.34. The van der Waals surface area contributed by atoms with Crippen LogP contribution in [0.3, 0.4) is 0 Å². The Morgan fingerprint density at radius 3 is 2.55 bits per heavy atom.